The molecule has 5 aliphatic heterocycles. The molecule has 0 unspecified atom stereocenters. The first-order valence-electron chi connectivity index (χ1n) is 29.0. The molecule has 0 radical (unpaired) electrons. The molecular weight excluding hydrogens is 1360 g/mol. The summed E-state index contributed by atoms with van der Waals surface area (Å²) in [5, 5.41) is 97.6. The van der Waals surface area contributed by atoms with Gasteiger partial charge in [-0.25, -0.2) is 60.3 Å². The number of halogens is 7. The number of hydrogen-bond acceptors (Lipinski definition) is 20. The van der Waals surface area contributed by atoms with Gasteiger partial charge in [-0.2, -0.15) is 0 Å². The number of β-amino-alcohol motifs (C(OH)–C–C–N with tert-alkyl or cyclic N) is 2. The van der Waals surface area contributed by atoms with Gasteiger partial charge < -0.3 is 121 Å². The van der Waals surface area contributed by atoms with Gasteiger partial charge in [0.25, 0.3) is 0 Å². The fourth-order valence-corrected chi connectivity index (χ4v) is 7.59. The van der Waals surface area contributed by atoms with E-state index in [0.29, 0.717) is 65.4 Å². The molecule has 98 heavy (non-hydrogen) atoms. The van der Waals surface area contributed by atoms with Gasteiger partial charge in [-0.15, -0.1) is 6.42 Å². The molecule has 4 aromatic carbocycles. The van der Waals surface area contributed by atoms with E-state index in [0.717, 1.165) is 7.11 Å². The van der Waals surface area contributed by atoms with Crippen LogP contribution in [0.2, 0.25) is 0 Å². The number of carbonyl (C=O) groups excluding carboxylic acids is 4. The van der Waals surface area contributed by atoms with Gasteiger partial charge in [-0.3, -0.25) is 0 Å². The average molecular weight is 1440 g/mol. The number of aliphatic carboxylic acids is 4. The molecule has 0 bridgehead atoms. The number of terminal acetylenes is 1. The molecule has 34 heteroatoms. The van der Waals surface area contributed by atoms with E-state index >= 15 is 0 Å². The molecule has 0 aromatic heterocycles. The maximum absolute atomic E-state index is 12.0. The standard InChI is InChI=1S/2C18H14O8.C7H4.5C4H8FNO.CH4O.2ClH/c2*19-15(20)13(25-17(23)11-7-3-1-4-8-11)14(16(21)22)26-18(24)12-9-5-2-6-10-12;1-3-5-7-6-4-2;5*5-3-1-6-2-4(3)7;1-2;;/h2*1-10,13-14H,(H,19,20)(H,21,22);1H,2H3;5*3-4,6-7H,1-2H2;2H,1H3;2*1H/p+1/t2*13-,14-;;5*3-,4-;;;/m00.11100.../s1. The lowest BCUT2D eigenvalue weighted by Gasteiger charge is -2.21. The molecular formula is C64H79Cl2F5N5O22+. The number of nitrogens with two attached hydrogens (primary N) is 3. The summed E-state index contributed by atoms with van der Waals surface area (Å²) in [4.78, 5) is 93.7. The highest BCUT2D eigenvalue weighted by atomic mass is 35.5. The largest absolute Gasteiger partial charge is 1.00 e. The van der Waals surface area contributed by atoms with Crippen LogP contribution >= 0.6 is 0 Å². The first-order chi connectivity index (χ1) is 45.7. The quantitative estimate of drug-likeness (QED) is 0.0241. The summed E-state index contributed by atoms with van der Waals surface area (Å²) >= 11 is 0. The molecule has 0 aliphatic carbocycles. The van der Waals surface area contributed by atoms with Crippen molar-refractivity contribution in [3.8, 4) is 36.0 Å². The molecule has 0 spiro atoms. The number of alkyl halides is 5. The highest BCUT2D eigenvalue weighted by Crippen LogP contribution is 2.16. The number of rotatable bonds is 14. The van der Waals surface area contributed by atoms with Crippen LogP contribution in [0.3, 0.4) is 0 Å². The summed E-state index contributed by atoms with van der Waals surface area (Å²) in [6.07, 6.45) is -12.8. The van der Waals surface area contributed by atoms with Crippen LogP contribution in [-0.4, -0.2) is 257 Å². The number of carboxylic acid groups (broad SMARTS) is 4. The topological polar surface area (TPSA) is 450 Å². The molecule has 0 amide bonds. The fraction of sp³-hybridized carbons (Fsp3) is 0.406. The number of carbonyl (C=O) groups is 8. The van der Waals surface area contributed by atoms with Crippen molar-refractivity contribution >= 4 is 47.8 Å². The van der Waals surface area contributed by atoms with E-state index in [-0.39, 0.29) is 47.1 Å². The minimum Gasteiger partial charge on any atom is -1.00 e. The number of carboxylic acids is 4. The molecule has 4 aromatic rings. The Hall–Kier alpha value is -8.89. The SMILES string of the molecule is C#CC#CC#CC.CO.O=C(O[C@H](C(=O)O)[C@H](OC(=O)c1ccccc1)C(=O)O)c1ccccc1.O=C(O[C@H](C(=O)O)[C@H](OC(=O)c1ccccc1)C(=O)O)c1ccccc1.O[C@@H]1CNC[C@H]1F.O[C@@H]1C[NH2+]C[C@H]1F.O[C@@H]1C[NH2+]C[C@H]1F.O[C@H]1CNC[C@@H]1F.O[C@H]1C[NH2+]C[C@@H]1F.[Cl-].[Cl-]. The summed E-state index contributed by atoms with van der Waals surface area (Å²) in [6, 6.07) is 29.7. The minimum absolute atomic E-state index is 0. The van der Waals surface area contributed by atoms with Crippen molar-refractivity contribution in [2.45, 2.75) is 92.7 Å². The smallest absolute Gasteiger partial charge is 0.349 e. The summed E-state index contributed by atoms with van der Waals surface area (Å²) in [5.41, 5.74) is 0.101. The normalized spacial score (nSPS) is 21.9. The number of ether oxygens (including phenoxy) is 4. The molecule has 5 fully saturated rings. The Morgan fingerprint density at radius 1 is 0.398 bits per heavy atom. The van der Waals surface area contributed by atoms with Crippen molar-refractivity contribution < 1.29 is 171 Å². The van der Waals surface area contributed by atoms with E-state index in [1.807, 2.05) is 0 Å². The van der Waals surface area contributed by atoms with Crippen LogP contribution in [0, 0.1) is 36.0 Å². The molecule has 540 valence electrons. The van der Waals surface area contributed by atoms with Crippen LogP contribution in [0.5, 0.6) is 0 Å². The second-order valence-electron chi connectivity index (χ2n) is 19.9. The predicted molar refractivity (Wildman–Crippen MR) is 327 cm³/mol. The molecule has 18 N–H and O–H groups in total. The monoisotopic (exact) mass is 1430 g/mol. The number of esters is 4. The van der Waals surface area contributed by atoms with Crippen molar-refractivity contribution in [1.29, 1.82) is 0 Å². The summed E-state index contributed by atoms with van der Waals surface area (Å²) in [6.45, 7) is 6.02. The maximum atomic E-state index is 12.0. The van der Waals surface area contributed by atoms with E-state index < -0.39 is 134 Å². The van der Waals surface area contributed by atoms with Crippen LogP contribution in [0.15, 0.2) is 121 Å². The van der Waals surface area contributed by atoms with E-state index in [9.17, 15) is 80.7 Å². The van der Waals surface area contributed by atoms with E-state index in [2.05, 4.69) is 40.2 Å². The van der Waals surface area contributed by atoms with Gasteiger partial charge in [0.15, 0.2) is 18.5 Å². The van der Waals surface area contributed by atoms with Gasteiger partial charge in [-0.05, 0) is 79.1 Å². The Bertz CT molecular complexity index is 2740. The third-order valence-electron chi connectivity index (χ3n) is 12.7. The van der Waals surface area contributed by atoms with Crippen LogP contribution in [0.25, 0.3) is 0 Å². The Kier molecular flexibility index (Phi) is 48.6. The molecule has 9 rings (SSSR count). The number of aliphatic hydroxyl groups is 6. The zero-order chi connectivity index (χ0) is 72.1. The zero-order valence-electron chi connectivity index (χ0n) is 52.5. The Morgan fingerprint density at radius 2 is 0.633 bits per heavy atom. The maximum Gasteiger partial charge on any atom is 0.349 e. The zero-order valence-corrected chi connectivity index (χ0v) is 54.0. The second-order valence-corrected chi connectivity index (χ2v) is 19.9. The molecule has 5 heterocycles. The summed E-state index contributed by atoms with van der Waals surface area (Å²) in [5.74, 6) is 0.740. The third kappa shape index (κ3) is 36.5. The van der Waals surface area contributed by atoms with Crippen molar-refractivity contribution in [2.75, 3.05) is 72.6 Å². The summed E-state index contributed by atoms with van der Waals surface area (Å²) < 4.78 is 79.2. The van der Waals surface area contributed by atoms with Gasteiger partial charge >= 0.3 is 47.8 Å². The third-order valence-corrected chi connectivity index (χ3v) is 12.7. The highest BCUT2D eigenvalue weighted by Gasteiger charge is 2.42. The van der Waals surface area contributed by atoms with Crippen molar-refractivity contribution in [1.82, 2.24) is 10.6 Å². The van der Waals surface area contributed by atoms with E-state index in [1.54, 1.807) is 47.1 Å². The van der Waals surface area contributed by atoms with Gasteiger partial charge in [0.05, 0.1) is 34.5 Å². The predicted octanol–water partition coefficient (Wildman–Crippen LogP) is -9.16. The molecule has 5 saturated heterocycles. The Balaban J connectivity index is 0. The second kappa shape index (κ2) is 52.3. The minimum atomic E-state index is -2.21. The molecule has 5 aliphatic rings. The van der Waals surface area contributed by atoms with Crippen molar-refractivity contribution in [2.24, 2.45) is 0 Å². The lowest BCUT2D eigenvalue weighted by atomic mass is 10.1. The Morgan fingerprint density at radius 3 is 0.755 bits per heavy atom. The molecule has 14 atom stereocenters. The van der Waals surface area contributed by atoms with Gasteiger partial charge in [0.2, 0.25) is 24.4 Å². The first-order valence-corrected chi connectivity index (χ1v) is 29.0. The van der Waals surface area contributed by atoms with Gasteiger partial charge in [0.1, 0.15) is 69.9 Å². The number of hydrogen-bond donors (Lipinski definition) is 15. The van der Waals surface area contributed by atoms with E-state index in [4.69, 9.17) is 56.0 Å². The molecule has 27 nitrogen and oxygen atoms in total. The van der Waals surface area contributed by atoms with Crippen LogP contribution < -0.4 is 51.4 Å². The lowest BCUT2D eigenvalue weighted by Crippen LogP contribution is -3.00. The number of benzene rings is 4. The number of aliphatic hydroxyl groups excluding tert-OH is 6. The van der Waals surface area contributed by atoms with Gasteiger partial charge in [0, 0.05) is 33.3 Å². The number of quaternary nitrogens is 3. The molecule has 0 saturated carbocycles. The van der Waals surface area contributed by atoms with Crippen LogP contribution in [0.4, 0.5) is 22.0 Å². The van der Waals surface area contributed by atoms with E-state index in [1.165, 1.54) is 97.1 Å². The van der Waals surface area contributed by atoms with Crippen LogP contribution in [-0.2, 0) is 38.1 Å². The Labute approximate surface area is 572 Å². The summed E-state index contributed by atoms with van der Waals surface area (Å²) in [7, 11) is 1.00. The van der Waals surface area contributed by atoms with Gasteiger partial charge in [-0.1, -0.05) is 78.7 Å². The lowest BCUT2D eigenvalue weighted by molar-refractivity contribution is -0.640. The first kappa shape index (κ1) is 91.2. The van der Waals surface area contributed by atoms with Crippen LogP contribution in [0.1, 0.15) is 48.4 Å². The fourth-order valence-electron chi connectivity index (χ4n) is 7.59. The van der Waals surface area contributed by atoms with Crippen molar-refractivity contribution in [3.05, 3.63) is 144 Å². The number of nitrogens with one attached hydrogen (secondary N) is 2. The average Bonchev–Trinajstić information content (AvgIpc) is 1.20. The highest BCUT2D eigenvalue weighted by molar-refractivity contribution is 5.96. The van der Waals surface area contributed by atoms with Crippen molar-refractivity contribution in [3.63, 3.8) is 0 Å².